The maximum Gasteiger partial charge on any atom is 0.256 e. The summed E-state index contributed by atoms with van der Waals surface area (Å²) in [5.41, 5.74) is 0.812. The van der Waals surface area contributed by atoms with Crippen molar-refractivity contribution in [2.24, 2.45) is 5.92 Å². The summed E-state index contributed by atoms with van der Waals surface area (Å²) >= 11 is 0. The molecule has 1 amide bonds. The largest absolute Gasteiger partial charge is 0.481 e. The van der Waals surface area contributed by atoms with Crippen molar-refractivity contribution in [2.75, 3.05) is 19.0 Å². The number of ether oxygens (including phenoxy) is 2. The van der Waals surface area contributed by atoms with Crippen LogP contribution in [-0.2, 0) is 9.53 Å². The second-order valence-corrected chi connectivity index (χ2v) is 5.73. The number of amides is 1. The number of methoxy groups -OCH3 is 1. The van der Waals surface area contributed by atoms with E-state index in [2.05, 4.69) is 10.3 Å². The zero-order chi connectivity index (χ0) is 15.5. The Hall–Kier alpha value is -1.62. The highest BCUT2D eigenvalue weighted by Crippen LogP contribution is 2.42. The van der Waals surface area contributed by atoms with Crippen molar-refractivity contribution in [1.29, 1.82) is 0 Å². The standard InChI is InChI=1S/C16H24N2O3/c1-5-8-21-16(3,12-6-7-12)15(19)18-13-9-11(2)14(20-4)17-10-13/h9-10,12H,5-8H2,1-4H3,(H,18,19)/t16-/m0/s1. The molecule has 0 unspecified atom stereocenters. The summed E-state index contributed by atoms with van der Waals surface area (Å²) in [6, 6.07) is 1.86. The predicted molar refractivity (Wildman–Crippen MR) is 81.5 cm³/mol. The van der Waals surface area contributed by atoms with Crippen molar-refractivity contribution < 1.29 is 14.3 Å². The molecule has 1 aromatic heterocycles. The first-order valence-electron chi connectivity index (χ1n) is 7.47. The fourth-order valence-electron chi connectivity index (χ4n) is 2.42. The van der Waals surface area contributed by atoms with Gasteiger partial charge in [0, 0.05) is 12.2 Å². The van der Waals surface area contributed by atoms with Crippen LogP contribution in [-0.4, -0.2) is 30.2 Å². The molecule has 1 atom stereocenters. The van der Waals surface area contributed by atoms with Crippen LogP contribution in [0.2, 0.25) is 0 Å². The van der Waals surface area contributed by atoms with Crippen LogP contribution in [0.25, 0.3) is 0 Å². The van der Waals surface area contributed by atoms with Gasteiger partial charge in [0.05, 0.1) is 19.0 Å². The van der Waals surface area contributed by atoms with E-state index in [9.17, 15) is 4.79 Å². The summed E-state index contributed by atoms with van der Waals surface area (Å²) in [6.45, 7) is 6.43. The fraction of sp³-hybridized carbons (Fsp3) is 0.625. The van der Waals surface area contributed by atoms with Gasteiger partial charge in [-0.3, -0.25) is 4.79 Å². The van der Waals surface area contributed by atoms with Gasteiger partial charge in [0.1, 0.15) is 5.60 Å². The third-order valence-corrected chi connectivity index (χ3v) is 3.89. The van der Waals surface area contributed by atoms with Crippen LogP contribution in [0.15, 0.2) is 12.3 Å². The molecule has 0 aromatic carbocycles. The molecule has 1 aromatic rings. The number of rotatable bonds is 7. The van der Waals surface area contributed by atoms with E-state index >= 15 is 0 Å². The third kappa shape index (κ3) is 3.53. The Kier molecular flexibility index (Phi) is 4.83. The number of carbonyl (C=O) groups excluding carboxylic acids is 1. The maximum atomic E-state index is 12.6. The molecule has 0 aliphatic heterocycles. The molecule has 0 bridgehead atoms. The molecule has 1 saturated carbocycles. The van der Waals surface area contributed by atoms with Crippen molar-refractivity contribution >= 4 is 11.6 Å². The average Bonchev–Trinajstić information content (AvgIpc) is 3.29. The lowest BCUT2D eigenvalue weighted by molar-refractivity contribution is -0.142. The van der Waals surface area contributed by atoms with E-state index in [-0.39, 0.29) is 5.91 Å². The number of hydrogen-bond donors (Lipinski definition) is 1. The lowest BCUT2D eigenvalue weighted by Crippen LogP contribution is -2.45. The lowest BCUT2D eigenvalue weighted by atomic mass is 9.98. The van der Waals surface area contributed by atoms with E-state index in [0.29, 0.717) is 24.1 Å². The molecule has 21 heavy (non-hydrogen) atoms. The highest BCUT2D eigenvalue weighted by atomic mass is 16.5. The topological polar surface area (TPSA) is 60.5 Å². The minimum Gasteiger partial charge on any atom is -0.481 e. The van der Waals surface area contributed by atoms with Gasteiger partial charge >= 0.3 is 0 Å². The smallest absolute Gasteiger partial charge is 0.256 e. The number of hydrogen-bond acceptors (Lipinski definition) is 4. The molecular weight excluding hydrogens is 268 g/mol. The van der Waals surface area contributed by atoms with Crippen molar-refractivity contribution in [1.82, 2.24) is 4.98 Å². The summed E-state index contributed by atoms with van der Waals surface area (Å²) in [7, 11) is 1.58. The molecular formula is C16H24N2O3. The number of carbonyl (C=O) groups is 1. The molecule has 1 aliphatic rings. The van der Waals surface area contributed by atoms with Gasteiger partial charge in [0.15, 0.2) is 0 Å². The Bertz CT molecular complexity index is 514. The first-order valence-corrected chi connectivity index (χ1v) is 7.47. The zero-order valence-electron chi connectivity index (χ0n) is 13.2. The van der Waals surface area contributed by atoms with Gasteiger partial charge in [0.2, 0.25) is 5.88 Å². The molecule has 1 N–H and O–H groups in total. The molecule has 1 fully saturated rings. The van der Waals surface area contributed by atoms with Crippen LogP contribution >= 0.6 is 0 Å². The van der Waals surface area contributed by atoms with Gasteiger partial charge in [-0.25, -0.2) is 4.98 Å². The monoisotopic (exact) mass is 292 g/mol. The van der Waals surface area contributed by atoms with Crippen molar-refractivity contribution in [3.8, 4) is 5.88 Å². The molecule has 0 spiro atoms. The van der Waals surface area contributed by atoms with Crippen LogP contribution in [0.4, 0.5) is 5.69 Å². The normalized spacial score (nSPS) is 17.1. The number of aryl methyl sites for hydroxylation is 1. The molecule has 5 nitrogen and oxygen atoms in total. The Morgan fingerprint density at radius 3 is 2.76 bits per heavy atom. The number of anilines is 1. The van der Waals surface area contributed by atoms with Crippen LogP contribution in [0, 0.1) is 12.8 Å². The molecule has 0 saturated heterocycles. The molecule has 5 heteroatoms. The maximum absolute atomic E-state index is 12.6. The zero-order valence-corrected chi connectivity index (χ0v) is 13.2. The highest BCUT2D eigenvalue weighted by molar-refractivity contribution is 5.97. The first-order chi connectivity index (χ1) is 10.0. The Morgan fingerprint density at radius 1 is 1.52 bits per heavy atom. The lowest BCUT2D eigenvalue weighted by Gasteiger charge is -2.28. The van der Waals surface area contributed by atoms with Crippen LogP contribution < -0.4 is 10.1 Å². The predicted octanol–water partition coefficient (Wildman–Crippen LogP) is 2.93. The Labute approximate surface area is 126 Å². The number of pyridine rings is 1. The Balaban J connectivity index is 2.09. The summed E-state index contributed by atoms with van der Waals surface area (Å²) in [4.78, 5) is 16.8. The van der Waals surface area contributed by atoms with Gasteiger partial charge in [-0.2, -0.15) is 0 Å². The first kappa shape index (κ1) is 15.8. The number of nitrogens with one attached hydrogen (secondary N) is 1. The van der Waals surface area contributed by atoms with Crippen molar-refractivity contribution in [3.63, 3.8) is 0 Å². The van der Waals surface area contributed by atoms with Gasteiger partial charge in [-0.05, 0) is 45.1 Å². The van der Waals surface area contributed by atoms with E-state index in [1.54, 1.807) is 13.3 Å². The van der Waals surface area contributed by atoms with E-state index in [1.807, 2.05) is 26.8 Å². The summed E-state index contributed by atoms with van der Waals surface area (Å²) < 4.78 is 11.0. The minimum absolute atomic E-state index is 0.0928. The second kappa shape index (κ2) is 6.43. The summed E-state index contributed by atoms with van der Waals surface area (Å²) in [5, 5.41) is 2.92. The van der Waals surface area contributed by atoms with E-state index in [0.717, 1.165) is 24.8 Å². The number of nitrogens with zero attached hydrogens (tertiary/aromatic N) is 1. The fourth-order valence-corrected chi connectivity index (χ4v) is 2.42. The third-order valence-electron chi connectivity index (χ3n) is 3.89. The highest BCUT2D eigenvalue weighted by Gasteiger charge is 2.48. The molecule has 0 radical (unpaired) electrons. The quantitative estimate of drug-likeness (QED) is 0.839. The molecule has 1 heterocycles. The summed E-state index contributed by atoms with van der Waals surface area (Å²) in [6.07, 6.45) is 4.61. The van der Waals surface area contributed by atoms with Crippen molar-refractivity contribution in [2.45, 2.75) is 45.6 Å². The molecule has 1 aliphatic carbocycles. The molecule has 116 valence electrons. The van der Waals surface area contributed by atoms with Crippen LogP contribution in [0.1, 0.15) is 38.7 Å². The van der Waals surface area contributed by atoms with Crippen molar-refractivity contribution in [3.05, 3.63) is 17.8 Å². The minimum atomic E-state index is -0.746. The van der Waals surface area contributed by atoms with Gasteiger partial charge < -0.3 is 14.8 Å². The van der Waals surface area contributed by atoms with E-state index < -0.39 is 5.60 Å². The van der Waals surface area contributed by atoms with E-state index in [4.69, 9.17) is 9.47 Å². The summed E-state index contributed by atoms with van der Waals surface area (Å²) in [5.74, 6) is 0.793. The van der Waals surface area contributed by atoms with Gasteiger partial charge in [-0.1, -0.05) is 6.92 Å². The van der Waals surface area contributed by atoms with E-state index in [1.165, 1.54) is 0 Å². The van der Waals surface area contributed by atoms with Gasteiger partial charge in [-0.15, -0.1) is 0 Å². The SMILES string of the molecule is CCCO[C@](C)(C(=O)Nc1cnc(OC)c(C)c1)C1CC1. The molecule has 2 rings (SSSR count). The van der Waals surface area contributed by atoms with Gasteiger partial charge in [0.25, 0.3) is 5.91 Å². The number of aromatic nitrogens is 1. The average molecular weight is 292 g/mol. The van der Waals surface area contributed by atoms with Crippen LogP contribution in [0.3, 0.4) is 0 Å². The van der Waals surface area contributed by atoms with Crippen LogP contribution in [0.5, 0.6) is 5.88 Å². The Morgan fingerprint density at radius 2 is 2.24 bits per heavy atom. The second-order valence-electron chi connectivity index (χ2n) is 5.73.